The lowest BCUT2D eigenvalue weighted by Crippen LogP contribution is -2.42. The van der Waals surface area contributed by atoms with Gasteiger partial charge in [-0.3, -0.25) is 9.69 Å². The van der Waals surface area contributed by atoms with E-state index in [4.69, 9.17) is 5.73 Å². The first kappa shape index (κ1) is 17.0. The number of anilines is 1. The number of rotatable bonds is 4. The molecule has 136 valence electrons. The molecule has 0 bridgehead atoms. The first-order valence-corrected chi connectivity index (χ1v) is 9.28. The number of nitrogen functional groups attached to an aromatic ring is 1. The molecule has 4 rings (SSSR count). The Labute approximate surface area is 153 Å². The number of pyridine rings is 1. The van der Waals surface area contributed by atoms with Crippen LogP contribution in [0.5, 0.6) is 0 Å². The average Bonchev–Trinajstić information content (AvgIpc) is 3.03. The van der Waals surface area contributed by atoms with E-state index in [0.717, 1.165) is 31.4 Å². The minimum Gasteiger partial charge on any atom is -0.481 e. The fourth-order valence-corrected chi connectivity index (χ4v) is 4.88. The van der Waals surface area contributed by atoms with E-state index in [-0.39, 0.29) is 5.92 Å². The Kier molecular flexibility index (Phi) is 4.41. The molecule has 2 aliphatic rings. The van der Waals surface area contributed by atoms with Gasteiger partial charge in [-0.2, -0.15) is 0 Å². The van der Waals surface area contributed by atoms with Crippen molar-refractivity contribution in [1.82, 2.24) is 9.88 Å². The predicted octanol–water partition coefficient (Wildman–Crippen LogP) is 3.13. The van der Waals surface area contributed by atoms with Gasteiger partial charge in [0.05, 0.1) is 5.41 Å². The van der Waals surface area contributed by atoms with Crippen molar-refractivity contribution in [3.8, 4) is 0 Å². The summed E-state index contributed by atoms with van der Waals surface area (Å²) in [6, 6.07) is 14.4. The first-order valence-electron chi connectivity index (χ1n) is 9.28. The molecule has 3 N–H and O–H groups in total. The number of aliphatic carboxylic acids is 1. The first-order chi connectivity index (χ1) is 12.6. The molecule has 0 radical (unpaired) electrons. The van der Waals surface area contributed by atoms with Crippen molar-refractivity contribution in [2.75, 3.05) is 18.8 Å². The van der Waals surface area contributed by atoms with Crippen molar-refractivity contribution in [3.63, 3.8) is 0 Å². The Morgan fingerprint density at radius 1 is 1.27 bits per heavy atom. The third kappa shape index (κ3) is 2.97. The van der Waals surface area contributed by atoms with Crippen molar-refractivity contribution >= 4 is 11.8 Å². The van der Waals surface area contributed by atoms with Crippen LogP contribution >= 0.6 is 0 Å². The highest BCUT2D eigenvalue weighted by Crippen LogP contribution is 2.51. The highest BCUT2D eigenvalue weighted by molar-refractivity contribution is 5.76. The van der Waals surface area contributed by atoms with E-state index in [0.29, 0.717) is 24.8 Å². The van der Waals surface area contributed by atoms with Crippen LogP contribution in [-0.2, 0) is 11.3 Å². The zero-order valence-electron chi connectivity index (χ0n) is 14.8. The number of benzene rings is 1. The summed E-state index contributed by atoms with van der Waals surface area (Å²) in [5, 5.41) is 10.0. The number of nitrogens with zero attached hydrogens (tertiary/aromatic N) is 2. The molecular weight excluding hydrogens is 326 g/mol. The maximum absolute atomic E-state index is 12.2. The second kappa shape index (κ2) is 6.72. The normalized spacial score (nSPS) is 28.6. The third-order valence-electron chi connectivity index (χ3n) is 6.29. The Bertz CT molecular complexity index is 795. The molecule has 1 aliphatic carbocycles. The van der Waals surface area contributed by atoms with E-state index in [1.807, 2.05) is 18.2 Å². The number of nitrogens with two attached hydrogens (primary N) is 1. The van der Waals surface area contributed by atoms with Crippen LogP contribution in [0.3, 0.4) is 0 Å². The zero-order valence-corrected chi connectivity index (χ0v) is 14.8. The molecule has 2 heterocycles. The molecule has 5 heteroatoms. The van der Waals surface area contributed by atoms with E-state index in [1.54, 1.807) is 6.20 Å². The fraction of sp³-hybridized carbons (Fsp3) is 0.429. The van der Waals surface area contributed by atoms with Crippen LogP contribution < -0.4 is 5.73 Å². The molecule has 2 fully saturated rings. The summed E-state index contributed by atoms with van der Waals surface area (Å²) in [6.45, 7) is 2.08. The second-order valence-electron chi connectivity index (χ2n) is 7.76. The van der Waals surface area contributed by atoms with E-state index >= 15 is 0 Å². The van der Waals surface area contributed by atoms with E-state index in [1.165, 1.54) is 5.56 Å². The smallest absolute Gasteiger partial charge is 0.311 e. The Balaban J connectivity index is 1.54. The summed E-state index contributed by atoms with van der Waals surface area (Å²) in [7, 11) is 0. The van der Waals surface area contributed by atoms with Gasteiger partial charge < -0.3 is 10.8 Å². The van der Waals surface area contributed by atoms with Gasteiger partial charge in [0.1, 0.15) is 5.82 Å². The largest absolute Gasteiger partial charge is 0.481 e. The van der Waals surface area contributed by atoms with Crippen LogP contribution in [0.1, 0.15) is 36.3 Å². The molecule has 1 saturated heterocycles. The number of carboxylic acids is 1. The number of fused-ring (bicyclic) bond motifs is 1. The molecule has 1 aliphatic heterocycles. The van der Waals surface area contributed by atoms with Gasteiger partial charge in [-0.05, 0) is 42.7 Å². The zero-order chi connectivity index (χ0) is 18.1. The minimum absolute atomic E-state index is 0.178. The maximum Gasteiger partial charge on any atom is 0.311 e. The van der Waals surface area contributed by atoms with Gasteiger partial charge in [-0.15, -0.1) is 0 Å². The Morgan fingerprint density at radius 2 is 2.08 bits per heavy atom. The predicted molar refractivity (Wildman–Crippen MR) is 101 cm³/mol. The summed E-state index contributed by atoms with van der Waals surface area (Å²) in [6.07, 6.45) is 4.31. The van der Waals surface area contributed by atoms with Gasteiger partial charge in [0.2, 0.25) is 0 Å². The lowest BCUT2D eigenvalue weighted by molar-refractivity contribution is -0.152. The summed E-state index contributed by atoms with van der Waals surface area (Å²) in [5.41, 5.74) is 7.67. The molecule has 5 nitrogen and oxygen atoms in total. The monoisotopic (exact) mass is 351 g/mol. The van der Waals surface area contributed by atoms with E-state index in [2.05, 4.69) is 34.1 Å². The standard InChI is InChI=1S/C21H25N3O2/c22-19-17(7-4-10-23-19)12-24-13-18-11-16(15-5-2-1-3-6-15)8-9-21(18,14-24)20(25)26/h1-7,10,16,18H,8-9,11-14H2,(H2,22,23)(H,25,26)/t16-,18-,21-/m0/s1. The van der Waals surface area contributed by atoms with Crippen LogP contribution in [0.2, 0.25) is 0 Å². The molecule has 2 aromatic rings. The third-order valence-corrected chi connectivity index (χ3v) is 6.29. The number of likely N-dealkylation sites (tertiary alicyclic amines) is 1. The van der Waals surface area contributed by atoms with Crippen molar-refractivity contribution < 1.29 is 9.90 Å². The quantitative estimate of drug-likeness (QED) is 0.885. The highest BCUT2D eigenvalue weighted by atomic mass is 16.4. The van der Waals surface area contributed by atoms with Crippen LogP contribution in [-0.4, -0.2) is 34.0 Å². The molecule has 0 spiro atoms. The highest BCUT2D eigenvalue weighted by Gasteiger charge is 2.54. The average molecular weight is 351 g/mol. The number of hydrogen-bond acceptors (Lipinski definition) is 4. The molecule has 1 aromatic heterocycles. The summed E-state index contributed by atoms with van der Waals surface area (Å²) >= 11 is 0. The number of carboxylic acid groups (broad SMARTS) is 1. The summed E-state index contributed by atoms with van der Waals surface area (Å²) in [5.74, 6) is 0.526. The minimum atomic E-state index is -0.643. The molecule has 26 heavy (non-hydrogen) atoms. The lowest BCUT2D eigenvalue weighted by Gasteiger charge is -2.38. The molecule has 1 saturated carbocycles. The summed E-state index contributed by atoms with van der Waals surface area (Å²) < 4.78 is 0. The number of hydrogen-bond donors (Lipinski definition) is 2. The van der Waals surface area contributed by atoms with Gasteiger partial charge in [0.25, 0.3) is 0 Å². The topological polar surface area (TPSA) is 79.5 Å². The molecule has 0 unspecified atom stereocenters. The number of carbonyl (C=O) groups is 1. The van der Waals surface area contributed by atoms with Gasteiger partial charge in [-0.25, -0.2) is 4.98 Å². The molecule has 0 amide bonds. The summed E-state index contributed by atoms with van der Waals surface area (Å²) in [4.78, 5) is 18.6. The Hall–Kier alpha value is -2.40. The van der Waals surface area contributed by atoms with E-state index in [9.17, 15) is 9.90 Å². The van der Waals surface area contributed by atoms with Crippen LogP contribution in [0, 0.1) is 11.3 Å². The van der Waals surface area contributed by atoms with Crippen molar-refractivity contribution in [3.05, 3.63) is 59.8 Å². The van der Waals surface area contributed by atoms with Crippen LogP contribution in [0.15, 0.2) is 48.7 Å². The van der Waals surface area contributed by atoms with Gasteiger partial charge in [-0.1, -0.05) is 36.4 Å². The van der Waals surface area contributed by atoms with Crippen molar-refractivity contribution in [1.29, 1.82) is 0 Å². The lowest BCUT2D eigenvalue weighted by atomic mass is 9.64. The van der Waals surface area contributed by atoms with Crippen molar-refractivity contribution in [2.45, 2.75) is 31.7 Å². The fourth-order valence-electron chi connectivity index (χ4n) is 4.88. The van der Waals surface area contributed by atoms with Crippen molar-refractivity contribution in [2.24, 2.45) is 11.3 Å². The molecular formula is C21H25N3O2. The van der Waals surface area contributed by atoms with Gasteiger partial charge in [0.15, 0.2) is 0 Å². The van der Waals surface area contributed by atoms with Crippen LogP contribution in [0.4, 0.5) is 5.82 Å². The van der Waals surface area contributed by atoms with Crippen LogP contribution in [0.25, 0.3) is 0 Å². The second-order valence-corrected chi connectivity index (χ2v) is 7.76. The number of aromatic nitrogens is 1. The van der Waals surface area contributed by atoms with Gasteiger partial charge >= 0.3 is 5.97 Å². The Morgan fingerprint density at radius 3 is 2.81 bits per heavy atom. The van der Waals surface area contributed by atoms with E-state index < -0.39 is 11.4 Å². The SMILES string of the molecule is Nc1ncccc1CN1C[C@@H]2C[C@@H](c3ccccc3)CC[C@]2(C(=O)O)C1. The maximum atomic E-state index is 12.2. The molecule has 1 aromatic carbocycles. The van der Waals surface area contributed by atoms with Gasteiger partial charge in [0, 0.05) is 31.4 Å². The molecule has 3 atom stereocenters.